The minimum atomic E-state index is -1.49. The molecule has 0 aliphatic heterocycles. The topological polar surface area (TPSA) is 9.23 Å². The molecule has 78 valence electrons. The maximum atomic E-state index is 5.98. The second-order valence-electron chi connectivity index (χ2n) is 4.53. The highest BCUT2D eigenvalue weighted by atomic mass is 79.9. The van der Waals surface area contributed by atoms with Gasteiger partial charge < -0.3 is 4.43 Å². The summed E-state index contributed by atoms with van der Waals surface area (Å²) < 4.78 is 7.14. The standard InChI is InChI=1S/C11H17BrOSi/c1-8-6-7-10(9(2)11(8)12)13-14(3,4)5/h6-7H,1-5H3. The predicted molar refractivity (Wildman–Crippen MR) is 67.6 cm³/mol. The molecule has 0 bridgehead atoms. The Morgan fingerprint density at radius 3 is 2.21 bits per heavy atom. The summed E-state index contributed by atoms with van der Waals surface area (Å²) in [6.07, 6.45) is 0. The fourth-order valence-electron chi connectivity index (χ4n) is 1.24. The molecular weight excluding hydrogens is 256 g/mol. The minimum absolute atomic E-state index is 1.02. The highest BCUT2D eigenvalue weighted by Gasteiger charge is 2.18. The molecule has 0 fully saturated rings. The van der Waals surface area contributed by atoms with Crippen LogP contribution in [0.1, 0.15) is 11.1 Å². The maximum Gasteiger partial charge on any atom is 0.242 e. The molecule has 1 aromatic carbocycles. The molecule has 0 spiro atoms. The van der Waals surface area contributed by atoms with Crippen molar-refractivity contribution in [3.8, 4) is 5.75 Å². The molecule has 0 aromatic heterocycles. The molecule has 0 heterocycles. The lowest BCUT2D eigenvalue weighted by atomic mass is 10.1. The third-order valence-electron chi connectivity index (χ3n) is 1.95. The number of hydrogen-bond donors (Lipinski definition) is 0. The molecule has 0 saturated heterocycles. The Morgan fingerprint density at radius 2 is 1.71 bits per heavy atom. The van der Waals surface area contributed by atoms with Crippen molar-refractivity contribution in [1.29, 1.82) is 0 Å². The zero-order chi connectivity index (χ0) is 10.9. The van der Waals surface area contributed by atoms with Crippen molar-refractivity contribution in [2.45, 2.75) is 33.5 Å². The highest BCUT2D eigenvalue weighted by Crippen LogP contribution is 2.30. The fraction of sp³-hybridized carbons (Fsp3) is 0.455. The lowest BCUT2D eigenvalue weighted by molar-refractivity contribution is 0.552. The average Bonchev–Trinajstić information content (AvgIpc) is 2.04. The molecule has 0 saturated carbocycles. The Morgan fingerprint density at radius 1 is 1.14 bits per heavy atom. The van der Waals surface area contributed by atoms with Crippen molar-refractivity contribution in [2.24, 2.45) is 0 Å². The summed E-state index contributed by atoms with van der Waals surface area (Å²) in [5.41, 5.74) is 2.46. The summed E-state index contributed by atoms with van der Waals surface area (Å²) in [7, 11) is -1.49. The van der Waals surface area contributed by atoms with Gasteiger partial charge in [0.1, 0.15) is 5.75 Å². The third kappa shape index (κ3) is 2.85. The van der Waals surface area contributed by atoms with E-state index in [2.05, 4.69) is 61.6 Å². The van der Waals surface area contributed by atoms with Crippen LogP contribution in [0.5, 0.6) is 5.75 Å². The van der Waals surface area contributed by atoms with Gasteiger partial charge in [0, 0.05) is 10.0 Å². The van der Waals surface area contributed by atoms with Crippen molar-refractivity contribution < 1.29 is 4.43 Å². The van der Waals surface area contributed by atoms with Crippen LogP contribution in [0.3, 0.4) is 0 Å². The molecule has 1 aromatic rings. The number of benzene rings is 1. The average molecular weight is 273 g/mol. The molecule has 0 aliphatic carbocycles. The number of hydrogen-bond acceptors (Lipinski definition) is 1. The first kappa shape index (κ1) is 11.8. The third-order valence-corrected chi connectivity index (χ3v) is 4.00. The molecule has 0 N–H and O–H groups in total. The van der Waals surface area contributed by atoms with Crippen molar-refractivity contribution >= 4 is 24.2 Å². The van der Waals surface area contributed by atoms with Gasteiger partial charge in [0.2, 0.25) is 8.32 Å². The zero-order valence-electron chi connectivity index (χ0n) is 9.44. The summed E-state index contributed by atoms with van der Waals surface area (Å²) in [5.74, 6) is 1.02. The largest absolute Gasteiger partial charge is 0.544 e. The van der Waals surface area contributed by atoms with E-state index in [1.807, 2.05) is 0 Å². The SMILES string of the molecule is Cc1ccc(O[Si](C)(C)C)c(C)c1Br. The van der Waals surface area contributed by atoms with Crippen molar-refractivity contribution in [3.63, 3.8) is 0 Å². The summed E-state index contributed by atoms with van der Waals surface area (Å²) in [6.45, 7) is 10.8. The molecule has 3 heteroatoms. The van der Waals surface area contributed by atoms with Crippen LogP contribution < -0.4 is 4.43 Å². The normalized spacial score (nSPS) is 11.6. The molecule has 1 nitrogen and oxygen atoms in total. The van der Waals surface area contributed by atoms with E-state index in [1.165, 1.54) is 11.1 Å². The molecule has 0 unspecified atom stereocenters. The first-order valence-electron chi connectivity index (χ1n) is 4.76. The van der Waals surface area contributed by atoms with Gasteiger partial charge in [0.15, 0.2) is 0 Å². The smallest absolute Gasteiger partial charge is 0.242 e. The Balaban J connectivity index is 3.06. The Bertz CT molecular complexity index is 342. The van der Waals surface area contributed by atoms with Crippen LogP contribution in [-0.4, -0.2) is 8.32 Å². The van der Waals surface area contributed by atoms with Gasteiger partial charge in [-0.25, -0.2) is 0 Å². The summed E-state index contributed by atoms with van der Waals surface area (Å²) >= 11 is 3.57. The van der Waals surface area contributed by atoms with Crippen LogP contribution in [0.4, 0.5) is 0 Å². The number of halogens is 1. The van der Waals surface area contributed by atoms with Gasteiger partial charge in [-0.2, -0.15) is 0 Å². The monoisotopic (exact) mass is 272 g/mol. The first-order valence-corrected chi connectivity index (χ1v) is 8.96. The lowest BCUT2D eigenvalue weighted by Crippen LogP contribution is -2.29. The molecule has 1 rings (SSSR count). The quantitative estimate of drug-likeness (QED) is 0.731. The Labute approximate surface area is 95.7 Å². The van der Waals surface area contributed by atoms with E-state index in [4.69, 9.17) is 4.43 Å². The number of aryl methyl sites for hydroxylation is 1. The van der Waals surface area contributed by atoms with Crippen LogP contribution in [0.2, 0.25) is 19.6 Å². The van der Waals surface area contributed by atoms with Crippen molar-refractivity contribution in [3.05, 3.63) is 27.7 Å². The molecule has 14 heavy (non-hydrogen) atoms. The van der Waals surface area contributed by atoms with Crippen LogP contribution in [0, 0.1) is 13.8 Å². The van der Waals surface area contributed by atoms with Gasteiger partial charge >= 0.3 is 0 Å². The van der Waals surface area contributed by atoms with E-state index < -0.39 is 8.32 Å². The lowest BCUT2D eigenvalue weighted by Gasteiger charge is -2.21. The van der Waals surface area contributed by atoms with Gasteiger partial charge in [-0.15, -0.1) is 0 Å². The van der Waals surface area contributed by atoms with Crippen molar-refractivity contribution in [1.82, 2.24) is 0 Å². The van der Waals surface area contributed by atoms with Crippen LogP contribution in [0.25, 0.3) is 0 Å². The van der Waals surface area contributed by atoms with Gasteiger partial charge in [-0.3, -0.25) is 0 Å². The van der Waals surface area contributed by atoms with E-state index >= 15 is 0 Å². The van der Waals surface area contributed by atoms with E-state index in [9.17, 15) is 0 Å². The predicted octanol–water partition coefficient (Wildman–Crippen LogP) is 4.28. The zero-order valence-corrected chi connectivity index (χ0v) is 12.0. The van der Waals surface area contributed by atoms with Gasteiger partial charge in [-0.1, -0.05) is 22.0 Å². The Hall–Kier alpha value is -0.283. The van der Waals surface area contributed by atoms with E-state index in [0.29, 0.717) is 0 Å². The number of rotatable bonds is 2. The molecule has 0 atom stereocenters. The molecule has 0 amide bonds. The molecule has 0 radical (unpaired) electrons. The van der Waals surface area contributed by atoms with Crippen LogP contribution >= 0.6 is 15.9 Å². The second kappa shape index (κ2) is 4.07. The van der Waals surface area contributed by atoms with Gasteiger partial charge in [0.25, 0.3) is 0 Å². The van der Waals surface area contributed by atoms with Gasteiger partial charge in [-0.05, 0) is 45.1 Å². The Kier molecular flexibility index (Phi) is 3.43. The second-order valence-corrected chi connectivity index (χ2v) is 9.76. The van der Waals surface area contributed by atoms with E-state index in [0.717, 1.165) is 10.2 Å². The first-order chi connectivity index (χ1) is 6.31. The van der Waals surface area contributed by atoms with E-state index in [-0.39, 0.29) is 0 Å². The summed E-state index contributed by atoms with van der Waals surface area (Å²) in [6, 6.07) is 4.15. The van der Waals surface area contributed by atoms with Crippen molar-refractivity contribution in [2.75, 3.05) is 0 Å². The van der Waals surface area contributed by atoms with E-state index in [1.54, 1.807) is 0 Å². The maximum absolute atomic E-state index is 5.98. The summed E-state index contributed by atoms with van der Waals surface area (Å²) in [4.78, 5) is 0. The minimum Gasteiger partial charge on any atom is -0.544 e. The molecule has 0 aliphatic rings. The van der Waals surface area contributed by atoms with Crippen LogP contribution in [0.15, 0.2) is 16.6 Å². The van der Waals surface area contributed by atoms with Gasteiger partial charge in [0.05, 0.1) is 0 Å². The summed E-state index contributed by atoms with van der Waals surface area (Å²) in [5, 5.41) is 0. The fourth-order valence-corrected chi connectivity index (χ4v) is 2.45. The van der Waals surface area contributed by atoms with Crippen LogP contribution in [-0.2, 0) is 0 Å². The molecular formula is C11H17BrOSi. The highest BCUT2D eigenvalue weighted by molar-refractivity contribution is 9.10.